The van der Waals surface area contributed by atoms with E-state index in [1.807, 2.05) is 4.90 Å². The summed E-state index contributed by atoms with van der Waals surface area (Å²) in [5.41, 5.74) is 0. The van der Waals surface area contributed by atoms with Gasteiger partial charge in [-0.1, -0.05) is 5.16 Å². The standard InChI is InChI=1S/C16H24N4O3S/c1-10-7-14(19-23-10)18-16(22)11(2)24-9-15(21)20-6-5-12-3-4-13(8-20)17-12/h7,11-13,17H,3-6,8-9H2,1-2H3,(H,18,19,22). The van der Waals surface area contributed by atoms with Crippen LogP contribution in [-0.2, 0) is 9.59 Å². The van der Waals surface area contributed by atoms with E-state index >= 15 is 0 Å². The van der Waals surface area contributed by atoms with Crippen molar-refractivity contribution in [1.82, 2.24) is 15.4 Å². The van der Waals surface area contributed by atoms with Gasteiger partial charge in [0.05, 0.1) is 11.0 Å². The van der Waals surface area contributed by atoms with Crippen LogP contribution >= 0.6 is 11.8 Å². The van der Waals surface area contributed by atoms with Crippen LogP contribution in [-0.4, -0.2) is 58.0 Å². The minimum absolute atomic E-state index is 0.117. The fourth-order valence-electron chi connectivity index (χ4n) is 3.19. The molecule has 3 heterocycles. The van der Waals surface area contributed by atoms with Gasteiger partial charge in [0.2, 0.25) is 11.8 Å². The van der Waals surface area contributed by atoms with Gasteiger partial charge in [-0.3, -0.25) is 9.59 Å². The highest BCUT2D eigenvalue weighted by molar-refractivity contribution is 8.01. The minimum atomic E-state index is -0.326. The van der Waals surface area contributed by atoms with Crippen molar-refractivity contribution >= 4 is 29.4 Å². The van der Waals surface area contributed by atoms with Crippen LogP contribution in [0.15, 0.2) is 10.6 Å². The third kappa shape index (κ3) is 4.30. The summed E-state index contributed by atoms with van der Waals surface area (Å²) in [5.74, 6) is 1.32. The van der Waals surface area contributed by atoms with Crippen LogP contribution in [0.2, 0.25) is 0 Å². The molecule has 0 aromatic carbocycles. The molecule has 7 nitrogen and oxygen atoms in total. The maximum absolute atomic E-state index is 12.4. The van der Waals surface area contributed by atoms with E-state index in [-0.39, 0.29) is 17.1 Å². The number of aryl methyl sites for hydroxylation is 1. The first-order valence-corrected chi connectivity index (χ1v) is 9.46. The van der Waals surface area contributed by atoms with Gasteiger partial charge in [-0.2, -0.15) is 0 Å². The van der Waals surface area contributed by atoms with Crippen molar-refractivity contribution in [3.8, 4) is 0 Å². The molecule has 0 aliphatic carbocycles. The molecule has 3 unspecified atom stereocenters. The van der Waals surface area contributed by atoms with Crippen LogP contribution in [0.5, 0.6) is 0 Å². The number of carbonyl (C=O) groups excluding carboxylic acids is 2. The Morgan fingerprint density at radius 1 is 1.46 bits per heavy atom. The van der Waals surface area contributed by atoms with Crippen molar-refractivity contribution in [2.45, 2.75) is 50.4 Å². The van der Waals surface area contributed by atoms with Gasteiger partial charge in [-0.25, -0.2) is 0 Å². The summed E-state index contributed by atoms with van der Waals surface area (Å²) in [6.45, 7) is 5.16. The van der Waals surface area contributed by atoms with Gasteiger partial charge in [0.15, 0.2) is 5.82 Å². The summed E-state index contributed by atoms with van der Waals surface area (Å²) in [4.78, 5) is 26.5. The van der Waals surface area contributed by atoms with Crippen molar-refractivity contribution in [3.63, 3.8) is 0 Å². The maximum Gasteiger partial charge on any atom is 0.238 e. The number of thioether (sulfide) groups is 1. The van der Waals surface area contributed by atoms with Crippen molar-refractivity contribution in [3.05, 3.63) is 11.8 Å². The van der Waals surface area contributed by atoms with E-state index in [1.165, 1.54) is 18.2 Å². The van der Waals surface area contributed by atoms with E-state index in [0.717, 1.165) is 25.9 Å². The lowest BCUT2D eigenvalue weighted by Gasteiger charge is -2.24. The molecule has 2 fully saturated rings. The van der Waals surface area contributed by atoms with Gasteiger partial charge in [0.1, 0.15) is 5.76 Å². The molecule has 0 radical (unpaired) electrons. The largest absolute Gasteiger partial charge is 0.360 e. The third-order valence-corrected chi connectivity index (χ3v) is 5.71. The normalized spacial score (nSPS) is 24.5. The highest BCUT2D eigenvalue weighted by atomic mass is 32.2. The molecule has 2 saturated heterocycles. The number of amides is 2. The van der Waals surface area contributed by atoms with E-state index in [2.05, 4.69) is 15.8 Å². The molecule has 3 atom stereocenters. The number of nitrogens with zero attached hydrogens (tertiary/aromatic N) is 2. The first-order valence-electron chi connectivity index (χ1n) is 8.41. The summed E-state index contributed by atoms with van der Waals surface area (Å²) >= 11 is 1.36. The second kappa shape index (κ2) is 7.57. The molecule has 2 aliphatic heterocycles. The Kier molecular flexibility index (Phi) is 5.45. The zero-order chi connectivity index (χ0) is 17.1. The Balaban J connectivity index is 1.44. The van der Waals surface area contributed by atoms with Crippen LogP contribution in [0.1, 0.15) is 31.9 Å². The molecule has 2 aliphatic rings. The SMILES string of the molecule is Cc1cc(NC(=O)C(C)SCC(=O)N2CCC3CCC(C2)N3)no1. The van der Waals surface area contributed by atoms with Crippen LogP contribution in [0.3, 0.4) is 0 Å². The number of carbonyl (C=O) groups is 2. The minimum Gasteiger partial charge on any atom is -0.360 e. The zero-order valence-electron chi connectivity index (χ0n) is 14.1. The fraction of sp³-hybridized carbons (Fsp3) is 0.688. The van der Waals surface area contributed by atoms with Gasteiger partial charge >= 0.3 is 0 Å². The lowest BCUT2D eigenvalue weighted by molar-refractivity contribution is -0.128. The molecule has 8 heteroatoms. The number of hydrogen-bond acceptors (Lipinski definition) is 6. The molecular formula is C16H24N4O3S. The van der Waals surface area contributed by atoms with Gasteiger partial charge in [0.25, 0.3) is 0 Å². The molecule has 132 valence electrons. The summed E-state index contributed by atoms with van der Waals surface area (Å²) in [5, 5.41) is 9.68. The second-order valence-electron chi connectivity index (χ2n) is 6.53. The van der Waals surface area contributed by atoms with Crippen molar-refractivity contribution in [1.29, 1.82) is 0 Å². The first kappa shape index (κ1) is 17.3. The van der Waals surface area contributed by atoms with Crippen molar-refractivity contribution < 1.29 is 14.1 Å². The molecule has 1 aromatic heterocycles. The average molecular weight is 352 g/mol. The van der Waals surface area contributed by atoms with Crippen molar-refractivity contribution in [2.24, 2.45) is 0 Å². The number of anilines is 1. The van der Waals surface area contributed by atoms with E-state index in [1.54, 1.807) is 19.9 Å². The van der Waals surface area contributed by atoms with E-state index in [4.69, 9.17) is 4.52 Å². The summed E-state index contributed by atoms with van der Waals surface area (Å²) in [7, 11) is 0. The number of rotatable bonds is 5. The highest BCUT2D eigenvalue weighted by Gasteiger charge is 2.31. The van der Waals surface area contributed by atoms with Crippen LogP contribution in [0.25, 0.3) is 0 Å². The second-order valence-corrected chi connectivity index (χ2v) is 7.86. The number of likely N-dealkylation sites (tertiary alicyclic amines) is 1. The smallest absolute Gasteiger partial charge is 0.238 e. The number of fused-ring (bicyclic) bond motifs is 2. The van der Waals surface area contributed by atoms with E-state index < -0.39 is 0 Å². The van der Waals surface area contributed by atoms with E-state index in [0.29, 0.717) is 29.4 Å². The van der Waals surface area contributed by atoms with Crippen LogP contribution < -0.4 is 10.6 Å². The predicted molar refractivity (Wildman–Crippen MR) is 92.9 cm³/mol. The molecular weight excluding hydrogens is 328 g/mol. The van der Waals surface area contributed by atoms with Crippen molar-refractivity contribution in [2.75, 3.05) is 24.2 Å². The van der Waals surface area contributed by atoms with Gasteiger partial charge in [0, 0.05) is 31.2 Å². The average Bonchev–Trinajstić information content (AvgIpc) is 3.09. The first-order chi connectivity index (χ1) is 11.5. The van der Waals surface area contributed by atoms with Gasteiger partial charge in [-0.05, 0) is 33.1 Å². The number of aromatic nitrogens is 1. The van der Waals surface area contributed by atoms with Gasteiger partial charge in [-0.15, -0.1) is 11.8 Å². The summed E-state index contributed by atoms with van der Waals surface area (Å²) in [6.07, 6.45) is 3.39. The quantitative estimate of drug-likeness (QED) is 0.833. The number of hydrogen-bond donors (Lipinski definition) is 2. The molecule has 1 aromatic rings. The zero-order valence-corrected chi connectivity index (χ0v) is 14.9. The topological polar surface area (TPSA) is 87.5 Å². The van der Waals surface area contributed by atoms with Gasteiger partial charge < -0.3 is 20.1 Å². The maximum atomic E-state index is 12.4. The Morgan fingerprint density at radius 3 is 3.00 bits per heavy atom. The van der Waals surface area contributed by atoms with Crippen LogP contribution in [0, 0.1) is 6.92 Å². The Bertz CT molecular complexity index is 606. The molecule has 24 heavy (non-hydrogen) atoms. The fourth-order valence-corrected chi connectivity index (χ4v) is 3.97. The lowest BCUT2D eigenvalue weighted by Crippen LogP contribution is -2.40. The molecule has 2 N–H and O–H groups in total. The lowest BCUT2D eigenvalue weighted by atomic mass is 10.1. The monoisotopic (exact) mass is 352 g/mol. The molecule has 0 spiro atoms. The molecule has 2 amide bonds. The predicted octanol–water partition coefficient (Wildman–Crippen LogP) is 1.40. The third-order valence-electron chi connectivity index (χ3n) is 4.58. The Morgan fingerprint density at radius 2 is 2.25 bits per heavy atom. The Hall–Kier alpha value is -1.54. The Labute approximate surface area is 145 Å². The summed E-state index contributed by atoms with van der Waals surface area (Å²) in [6, 6.07) is 2.67. The molecule has 0 saturated carbocycles. The van der Waals surface area contributed by atoms with Crippen LogP contribution in [0.4, 0.5) is 5.82 Å². The van der Waals surface area contributed by atoms with E-state index in [9.17, 15) is 9.59 Å². The highest BCUT2D eigenvalue weighted by Crippen LogP contribution is 2.21. The molecule has 2 bridgehead atoms. The summed E-state index contributed by atoms with van der Waals surface area (Å²) < 4.78 is 4.92. The molecule has 3 rings (SSSR count). The number of nitrogens with one attached hydrogen (secondary N) is 2.